The molecule has 1 saturated heterocycles. The van der Waals surface area contributed by atoms with Gasteiger partial charge in [0.05, 0.1) is 0 Å². The van der Waals surface area contributed by atoms with Crippen molar-refractivity contribution in [2.45, 2.75) is 6.92 Å². The summed E-state index contributed by atoms with van der Waals surface area (Å²) >= 11 is 0. The zero-order valence-corrected chi connectivity index (χ0v) is 13.2. The van der Waals surface area contributed by atoms with E-state index in [1.54, 1.807) is 0 Å². The van der Waals surface area contributed by atoms with Gasteiger partial charge in [-0.3, -0.25) is 19.4 Å². The number of hydrogen-bond donors (Lipinski definition) is 0. The van der Waals surface area contributed by atoms with E-state index in [-0.39, 0.29) is 5.57 Å². The first-order chi connectivity index (χ1) is 10.4. The third-order valence-electron chi connectivity index (χ3n) is 3.76. The molecule has 0 aliphatic carbocycles. The average molecular weight is 301 g/mol. The minimum atomic E-state index is -0.618. The fraction of sp³-hybridized carbons (Fsp3) is 0.312. The molecular formula is C16H19N3O3. The van der Waals surface area contributed by atoms with E-state index in [0.29, 0.717) is 0 Å². The fourth-order valence-electron chi connectivity index (χ4n) is 2.15. The van der Waals surface area contributed by atoms with Gasteiger partial charge in [0.25, 0.3) is 11.8 Å². The smallest absolute Gasteiger partial charge is 0.333 e. The van der Waals surface area contributed by atoms with Crippen molar-refractivity contribution in [3.05, 3.63) is 35.4 Å². The van der Waals surface area contributed by atoms with Crippen LogP contribution >= 0.6 is 0 Å². The zero-order valence-electron chi connectivity index (χ0n) is 13.2. The molecule has 6 heteroatoms. The molecule has 0 spiro atoms. The van der Waals surface area contributed by atoms with Crippen LogP contribution in [-0.2, 0) is 9.59 Å². The molecule has 0 unspecified atom stereocenters. The number of urea groups is 1. The molecule has 2 rings (SSSR count). The predicted molar refractivity (Wildman–Crippen MR) is 84.3 cm³/mol. The molecule has 0 N–H and O–H groups in total. The molecule has 0 bridgehead atoms. The number of carbonyl (C=O) groups is 3. The second-order valence-electron chi connectivity index (χ2n) is 5.17. The molecule has 6 nitrogen and oxygen atoms in total. The van der Waals surface area contributed by atoms with Crippen LogP contribution in [-0.4, -0.2) is 55.3 Å². The van der Waals surface area contributed by atoms with Gasteiger partial charge >= 0.3 is 6.03 Å². The van der Waals surface area contributed by atoms with Gasteiger partial charge in [-0.05, 0) is 30.7 Å². The molecule has 116 valence electrons. The summed E-state index contributed by atoms with van der Waals surface area (Å²) < 4.78 is 0. The first-order valence-corrected chi connectivity index (χ1v) is 6.99. The summed E-state index contributed by atoms with van der Waals surface area (Å²) in [5, 5.41) is 0. The molecular weight excluding hydrogens is 282 g/mol. The molecule has 1 aromatic carbocycles. The van der Waals surface area contributed by atoms with Crippen molar-refractivity contribution < 1.29 is 14.4 Å². The van der Waals surface area contributed by atoms with E-state index in [1.807, 2.05) is 31.3 Å². The standard InChI is InChI=1S/C16H19N3O3/c1-5-17(2)12-8-6-11(7-9-12)10-13-14(20)18(3)16(22)19(4)15(13)21/h6-10H,5H2,1-4H3. The molecule has 4 amide bonds. The van der Waals surface area contributed by atoms with Crippen LogP contribution in [0.5, 0.6) is 0 Å². The molecule has 1 fully saturated rings. The van der Waals surface area contributed by atoms with Gasteiger partial charge in [0.2, 0.25) is 0 Å². The second kappa shape index (κ2) is 6.01. The van der Waals surface area contributed by atoms with Gasteiger partial charge < -0.3 is 4.90 Å². The Morgan fingerprint density at radius 2 is 1.50 bits per heavy atom. The number of nitrogens with zero attached hydrogens (tertiary/aromatic N) is 3. The number of rotatable bonds is 3. The molecule has 1 heterocycles. The lowest BCUT2D eigenvalue weighted by Crippen LogP contribution is -2.52. The summed E-state index contributed by atoms with van der Waals surface area (Å²) in [5.74, 6) is -1.16. The molecule has 1 aromatic rings. The Labute approximate surface area is 129 Å². The first-order valence-electron chi connectivity index (χ1n) is 6.99. The average Bonchev–Trinajstić information content (AvgIpc) is 2.55. The van der Waals surface area contributed by atoms with Gasteiger partial charge in [-0.25, -0.2) is 4.79 Å². The van der Waals surface area contributed by atoms with E-state index in [0.717, 1.165) is 27.6 Å². The lowest BCUT2D eigenvalue weighted by Gasteiger charge is -2.28. The fourth-order valence-corrected chi connectivity index (χ4v) is 2.15. The van der Waals surface area contributed by atoms with Gasteiger partial charge in [-0.15, -0.1) is 0 Å². The summed E-state index contributed by atoms with van der Waals surface area (Å²) in [6.45, 7) is 2.94. The van der Waals surface area contributed by atoms with Crippen molar-refractivity contribution in [3.63, 3.8) is 0 Å². The van der Waals surface area contributed by atoms with Crippen molar-refractivity contribution in [3.8, 4) is 0 Å². The largest absolute Gasteiger partial charge is 0.375 e. The third kappa shape index (κ3) is 2.72. The van der Waals surface area contributed by atoms with Crippen molar-refractivity contribution in [2.75, 3.05) is 32.6 Å². The van der Waals surface area contributed by atoms with Crippen LogP contribution in [0.2, 0.25) is 0 Å². The topological polar surface area (TPSA) is 60.9 Å². The van der Waals surface area contributed by atoms with Crippen LogP contribution in [0.1, 0.15) is 12.5 Å². The number of anilines is 1. The van der Waals surface area contributed by atoms with Crippen molar-refractivity contribution in [1.82, 2.24) is 9.80 Å². The van der Waals surface area contributed by atoms with E-state index in [9.17, 15) is 14.4 Å². The molecule has 22 heavy (non-hydrogen) atoms. The SMILES string of the molecule is CCN(C)c1ccc(C=C2C(=O)N(C)C(=O)N(C)C2=O)cc1. The Kier molecular flexibility index (Phi) is 4.30. The number of hydrogen-bond acceptors (Lipinski definition) is 4. The summed E-state index contributed by atoms with van der Waals surface area (Å²) in [4.78, 5) is 39.8. The van der Waals surface area contributed by atoms with E-state index in [4.69, 9.17) is 0 Å². The third-order valence-corrected chi connectivity index (χ3v) is 3.76. The van der Waals surface area contributed by atoms with Crippen molar-refractivity contribution in [1.29, 1.82) is 0 Å². The Morgan fingerprint density at radius 1 is 1.00 bits per heavy atom. The number of benzene rings is 1. The van der Waals surface area contributed by atoms with E-state index in [2.05, 4.69) is 11.8 Å². The second-order valence-corrected chi connectivity index (χ2v) is 5.17. The Morgan fingerprint density at radius 3 is 1.95 bits per heavy atom. The van der Waals surface area contributed by atoms with Gasteiger partial charge in [-0.1, -0.05) is 12.1 Å². The highest BCUT2D eigenvalue weighted by Crippen LogP contribution is 2.19. The Hall–Kier alpha value is -2.63. The predicted octanol–water partition coefficient (Wildman–Crippen LogP) is 1.58. The lowest BCUT2D eigenvalue weighted by molar-refractivity contribution is -0.134. The van der Waals surface area contributed by atoms with Gasteiger partial charge in [0, 0.05) is 33.4 Å². The molecule has 0 radical (unpaired) electrons. The number of carbonyl (C=O) groups excluding carboxylic acids is 3. The quantitative estimate of drug-likeness (QED) is 0.628. The monoisotopic (exact) mass is 301 g/mol. The summed E-state index contributed by atoms with van der Waals surface area (Å²) in [6, 6.07) is 6.90. The van der Waals surface area contributed by atoms with E-state index < -0.39 is 17.8 Å². The highest BCUT2D eigenvalue weighted by atomic mass is 16.2. The first kappa shape index (κ1) is 15.8. The number of likely N-dealkylation sites (N-methyl/N-ethyl adjacent to an activating group) is 2. The molecule has 1 aliphatic heterocycles. The minimum absolute atomic E-state index is 0.0128. The minimum Gasteiger partial charge on any atom is -0.375 e. The maximum Gasteiger partial charge on any atom is 0.333 e. The molecule has 1 aliphatic rings. The Bertz CT molecular complexity index is 623. The van der Waals surface area contributed by atoms with Gasteiger partial charge in [0.1, 0.15) is 5.57 Å². The van der Waals surface area contributed by atoms with Crippen LogP contribution in [0, 0.1) is 0 Å². The van der Waals surface area contributed by atoms with Crippen LogP contribution in [0.3, 0.4) is 0 Å². The molecule has 0 atom stereocenters. The lowest BCUT2D eigenvalue weighted by atomic mass is 10.1. The van der Waals surface area contributed by atoms with Gasteiger partial charge in [-0.2, -0.15) is 0 Å². The van der Waals surface area contributed by atoms with Crippen LogP contribution in [0.4, 0.5) is 10.5 Å². The van der Waals surface area contributed by atoms with E-state index in [1.165, 1.54) is 20.2 Å². The normalized spacial score (nSPS) is 15.5. The maximum atomic E-state index is 12.1. The summed E-state index contributed by atoms with van der Waals surface area (Å²) in [5.41, 5.74) is 1.78. The van der Waals surface area contributed by atoms with Gasteiger partial charge in [0.15, 0.2) is 0 Å². The number of amides is 4. The summed E-state index contributed by atoms with van der Waals surface area (Å²) in [6.07, 6.45) is 1.51. The molecule has 0 saturated carbocycles. The van der Waals surface area contributed by atoms with Crippen molar-refractivity contribution >= 4 is 29.6 Å². The highest BCUT2D eigenvalue weighted by molar-refractivity contribution is 6.30. The Balaban J connectivity index is 2.33. The summed E-state index contributed by atoms with van der Waals surface area (Å²) in [7, 11) is 4.71. The number of barbiturate groups is 1. The van der Waals surface area contributed by atoms with Crippen LogP contribution < -0.4 is 4.90 Å². The van der Waals surface area contributed by atoms with E-state index >= 15 is 0 Å². The molecule has 0 aromatic heterocycles. The number of imide groups is 2. The zero-order chi connectivity index (χ0) is 16.4. The van der Waals surface area contributed by atoms with Crippen molar-refractivity contribution in [2.24, 2.45) is 0 Å². The highest BCUT2D eigenvalue weighted by Gasteiger charge is 2.37. The van der Waals surface area contributed by atoms with Crippen LogP contribution in [0.25, 0.3) is 6.08 Å². The van der Waals surface area contributed by atoms with Crippen LogP contribution in [0.15, 0.2) is 29.8 Å². The maximum absolute atomic E-state index is 12.1.